The summed E-state index contributed by atoms with van der Waals surface area (Å²) in [4.78, 5) is 41.5. The molecule has 5 rings (SSSR count). The number of fused-ring (bicyclic) bond motifs is 5. The molecule has 4 heterocycles. The SMILES string of the molecule is CC[C@@]1(O)C(=O)OCc2c1cc1n(c2=O)Cc2c-1nc1cccc([N+](=O)[O-])c1c2[C@H](C)N. The van der Waals surface area contributed by atoms with Crippen molar-refractivity contribution in [1.29, 1.82) is 0 Å². The fourth-order valence-corrected chi connectivity index (χ4v) is 4.80. The average Bonchev–Trinajstić information content (AvgIpc) is 3.12. The fourth-order valence-electron chi connectivity index (χ4n) is 4.80. The molecule has 0 saturated heterocycles. The van der Waals surface area contributed by atoms with Gasteiger partial charge in [-0.05, 0) is 31.0 Å². The maximum Gasteiger partial charge on any atom is 0.343 e. The first-order chi connectivity index (χ1) is 15.2. The molecular formula is C22H20N4O6. The van der Waals surface area contributed by atoms with Gasteiger partial charge in [0.25, 0.3) is 11.2 Å². The minimum absolute atomic E-state index is 0.0387. The Morgan fingerprint density at radius 2 is 2.12 bits per heavy atom. The zero-order valence-corrected chi connectivity index (χ0v) is 17.4. The predicted molar refractivity (Wildman–Crippen MR) is 114 cm³/mol. The normalized spacial score (nSPS) is 19.8. The Labute approximate surface area is 181 Å². The van der Waals surface area contributed by atoms with E-state index in [1.54, 1.807) is 32.0 Å². The molecule has 10 nitrogen and oxygen atoms in total. The van der Waals surface area contributed by atoms with E-state index in [4.69, 9.17) is 10.5 Å². The van der Waals surface area contributed by atoms with Crippen molar-refractivity contribution < 1.29 is 19.6 Å². The molecule has 2 aliphatic rings. The number of carbonyl (C=O) groups is 1. The molecule has 0 aliphatic carbocycles. The highest BCUT2D eigenvalue weighted by molar-refractivity contribution is 5.95. The standard InChI is InChI=1S/C22H20N4O6/c1-3-22(29)13-7-16-19-11(8-25(16)20(27)12(13)9-32-21(22)28)17(10(2)23)18-14(24-19)5-4-6-15(18)26(30)31/h4-7,10,29H,3,8-9,23H2,1-2H3/t10-,22-/m0/s1. The maximum atomic E-state index is 13.3. The van der Waals surface area contributed by atoms with E-state index >= 15 is 0 Å². The fraction of sp³-hybridized carbons (Fsp3) is 0.318. The lowest BCUT2D eigenvalue weighted by Crippen LogP contribution is -2.44. The van der Waals surface area contributed by atoms with Crippen molar-refractivity contribution in [3.8, 4) is 11.4 Å². The van der Waals surface area contributed by atoms with Gasteiger partial charge in [0.2, 0.25) is 0 Å². The molecule has 3 N–H and O–H groups in total. The molecule has 2 aromatic heterocycles. The van der Waals surface area contributed by atoms with Gasteiger partial charge >= 0.3 is 5.97 Å². The van der Waals surface area contributed by atoms with E-state index in [0.717, 1.165) is 0 Å². The molecular weight excluding hydrogens is 416 g/mol. The number of hydrogen-bond acceptors (Lipinski definition) is 8. The molecule has 10 heteroatoms. The number of pyridine rings is 2. The number of carbonyl (C=O) groups excluding carboxylic acids is 1. The van der Waals surface area contributed by atoms with E-state index in [9.17, 15) is 24.8 Å². The van der Waals surface area contributed by atoms with Crippen molar-refractivity contribution in [1.82, 2.24) is 9.55 Å². The summed E-state index contributed by atoms with van der Waals surface area (Å²) in [6, 6.07) is 5.65. The lowest BCUT2D eigenvalue weighted by molar-refractivity contribution is -0.383. The Morgan fingerprint density at radius 1 is 1.38 bits per heavy atom. The van der Waals surface area contributed by atoms with Gasteiger partial charge in [0, 0.05) is 23.2 Å². The Morgan fingerprint density at radius 3 is 2.78 bits per heavy atom. The van der Waals surface area contributed by atoms with Gasteiger partial charge in [0.15, 0.2) is 5.60 Å². The number of nitrogens with zero attached hydrogens (tertiary/aromatic N) is 3. The van der Waals surface area contributed by atoms with Gasteiger partial charge in [-0.25, -0.2) is 9.78 Å². The smallest absolute Gasteiger partial charge is 0.343 e. The average molecular weight is 436 g/mol. The third-order valence-corrected chi connectivity index (χ3v) is 6.39. The molecule has 0 amide bonds. The van der Waals surface area contributed by atoms with Gasteiger partial charge < -0.3 is 20.1 Å². The summed E-state index contributed by atoms with van der Waals surface area (Å²) in [6.45, 7) is 3.26. The number of esters is 1. The Balaban J connectivity index is 1.87. The molecule has 0 spiro atoms. The van der Waals surface area contributed by atoms with Crippen molar-refractivity contribution >= 4 is 22.6 Å². The van der Waals surface area contributed by atoms with Crippen molar-refractivity contribution in [3.63, 3.8) is 0 Å². The number of rotatable bonds is 3. The van der Waals surface area contributed by atoms with Crippen LogP contribution < -0.4 is 11.3 Å². The van der Waals surface area contributed by atoms with Crippen LogP contribution >= 0.6 is 0 Å². The quantitative estimate of drug-likeness (QED) is 0.281. The number of aromatic nitrogens is 2. The van der Waals surface area contributed by atoms with Crippen LogP contribution in [0.5, 0.6) is 0 Å². The van der Waals surface area contributed by atoms with Gasteiger partial charge in [-0.15, -0.1) is 0 Å². The van der Waals surface area contributed by atoms with Gasteiger partial charge in [-0.3, -0.25) is 14.9 Å². The summed E-state index contributed by atoms with van der Waals surface area (Å²) < 4.78 is 6.57. The predicted octanol–water partition coefficient (Wildman–Crippen LogP) is 2.01. The summed E-state index contributed by atoms with van der Waals surface area (Å²) >= 11 is 0. The Bertz CT molecular complexity index is 1410. The van der Waals surface area contributed by atoms with Gasteiger partial charge in [-0.1, -0.05) is 13.0 Å². The highest BCUT2D eigenvalue weighted by atomic mass is 16.6. The van der Waals surface area contributed by atoms with Crippen LogP contribution in [0.4, 0.5) is 5.69 Å². The topological polar surface area (TPSA) is 151 Å². The lowest BCUT2D eigenvalue weighted by Gasteiger charge is -2.31. The molecule has 32 heavy (non-hydrogen) atoms. The van der Waals surface area contributed by atoms with Crippen LogP contribution in [0.2, 0.25) is 0 Å². The number of nitro benzene ring substituents is 1. The number of nitro groups is 1. The summed E-state index contributed by atoms with van der Waals surface area (Å²) in [5.41, 5.74) is 6.70. The molecule has 0 unspecified atom stereocenters. The van der Waals surface area contributed by atoms with E-state index in [0.29, 0.717) is 33.4 Å². The summed E-state index contributed by atoms with van der Waals surface area (Å²) in [5.74, 6) is -0.798. The van der Waals surface area contributed by atoms with Crippen molar-refractivity contribution in [3.05, 3.63) is 67.0 Å². The summed E-state index contributed by atoms with van der Waals surface area (Å²) in [7, 11) is 0. The third kappa shape index (κ3) is 2.50. The van der Waals surface area contributed by atoms with Gasteiger partial charge in [-0.2, -0.15) is 0 Å². The van der Waals surface area contributed by atoms with Crippen LogP contribution in [0.1, 0.15) is 48.6 Å². The van der Waals surface area contributed by atoms with Crippen molar-refractivity contribution in [2.45, 2.75) is 45.1 Å². The third-order valence-electron chi connectivity index (χ3n) is 6.39. The number of aliphatic hydroxyl groups is 1. The Kier molecular flexibility index (Phi) is 4.24. The molecule has 0 saturated carbocycles. The molecule has 1 aromatic carbocycles. The van der Waals surface area contributed by atoms with Gasteiger partial charge in [0.05, 0.1) is 39.3 Å². The monoisotopic (exact) mass is 436 g/mol. The summed E-state index contributed by atoms with van der Waals surface area (Å²) in [5, 5.41) is 23.0. The van der Waals surface area contributed by atoms with Crippen LogP contribution in [0, 0.1) is 10.1 Å². The van der Waals surface area contributed by atoms with Crippen molar-refractivity contribution in [2.24, 2.45) is 5.73 Å². The van der Waals surface area contributed by atoms with Crippen LogP contribution in [-0.2, 0) is 28.3 Å². The first-order valence-corrected chi connectivity index (χ1v) is 10.2. The van der Waals surface area contributed by atoms with Crippen LogP contribution in [0.25, 0.3) is 22.3 Å². The highest BCUT2D eigenvalue weighted by Crippen LogP contribution is 2.42. The first kappa shape index (κ1) is 20.3. The van der Waals surface area contributed by atoms with E-state index in [-0.39, 0.29) is 36.4 Å². The molecule has 164 valence electrons. The van der Waals surface area contributed by atoms with Crippen LogP contribution in [0.3, 0.4) is 0 Å². The second-order valence-electron chi connectivity index (χ2n) is 8.17. The largest absolute Gasteiger partial charge is 0.458 e. The van der Waals surface area contributed by atoms with E-state index in [2.05, 4.69) is 4.98 Å². The number of nitrogens with two attached hydrogens (primary N) is 1. The van der Waals surface area contributed by atoms with E-state index in [1.165, 1.54) is 10.6 Å². The molecule has 0 fully saturated rings. The minimum atomic E-state index is -1.93. The maximum absolute atomic E-state index is 13.3. The molecule has 2 atom stereocenters. The highest BCUT2D eigenvalue weighted by Gasteiger charge is 2.45. The second-order valence-corrected chi connectivity index (χ2v) is 8.17. The molecule has 0 bridgehead atoms. The molecule has 2 aliphatic heterocycles. The Hall–Kier alpha value is -3.63. The lowest BCUT2D eigenvalue weighted by atomic mass is 9.86. The van der Waals surface area contributed by atoms with E-state index in [1.807, 2.05) is 0 Å². The number of non-ortho nitro benzene ring substituents is 1. The zero-order valence-electron chi connectivity index (χ0n) is 17.4. The van der Waals surface area contributed by atoms with E-state index < -0.39 is 28.1 Å². The minimum Gasteiger partial charge on any atom is -0.458 e. The summed E-state index contributed by atoms with van der Waals surface area (Å²) in [6.07, 6.45) is 0.0387. The van der Waals surface area contributed by atoms with Gasteiger partial charge in [0.1, 0.15) is 6.61 Å². The van der Waals surface area contributed by atoms with Crippen LogP contribution in [-0.4, -0.2) is 25.6 Å². The van der Waals surface area contributed by atoms with Crippen LogP contribution in [0.15, 0.2) is 29.1 Å². The molecule has 3 aromatic rings. The second kappa shape index (κ2) is 6.68. The number of ether oxygens (including phenoxy) is 1. The number of benzene rings is 1. The first-order valence-electron chi connectivity index (χ1n) is 10.2. The van der Waals surface area contributed by atoms with Crippen molar-refractivity contribution in [2.75, 3.05) is 0 Å². The number of cyclic esters (lactones) is 1. The molecule has 0 radical (unpaired) electrons. The number of hydrogen-bond donors (Lipinski definition) is 2. The zero-order chi connectivity index (χ0) is 22.9.